The first kappa shape index (κ1) is 21.2. The molecule has 0 bridgehead atoms. The minimum absolute atomic E-state index is 0.164. The fourth-order valence-corrected chi connectivity index (χ4v) is 3.49. The van der Waals surface area contributed by atoms with E-state index >= 15 is 0 Å². The second-order valence-electron chi connectivity index (χ2n) is 7.05. The third-order valence-corrected chi connectivity index (χ3v) is 4.89. The Morgan fingerprint density at radius 2 is 1.89 bits per heavy atom. The molecule has 1 aromatic carbocycles. The number of ether oxygens (including phenoxy) is 1. The van der Waals surface area contributed by atoms with Crippen molar-refractivity contribution in [1.29, 1.82) is 0 Å². The first-order valence-corrected chi connectivity index (χ1v) is 9.04. The molecule has 0 aromatic heterocycles. The maximum absolute atomic E-state index is 14.1. The summed E-state index contributed by atoms with van der Waals surface area (Å²) in [6.45, 7) is 3.86. The Labute approximate surface area is 158 Å². The summed E-state index contributed by atoms with van der Waals surface area (Å²) in [6.07, 6.45) is 1.47. The number of benzene rings is 1. The third kappa shape index (κ3) is 5.97. The number of rotatable bonds is 8. The highest BCUT2D eigenvalue weighted by Gasteiger charge is 2.33. The lowest BCUT2D eigenvalue weighted by Gasteiger charge is -2.37. The van der Waals surface area contributed by atoms with Crippen LogP contribution in [0.5, 0.6) is 0 Å². The average molecular weight is 383 g/mol. The minimum Gasteiger partial charge on any atom is -0.384 e. The van der Waals surface area contributed by atoms with Gasteiger partial charge in [0.05, 0.1) is 19.1 Å². The van der Waals surface area contributed by atoms with Crippen molar-refractivity contribution in [2.75, 3.05) is 33.4 Å². The molecule has 2 rings (SSSR count). The van der Waals surface area contributed by atoms with Gasteiger partial charge in [-0.05, 0) is 38.1 Å². The topological polar surface area (TPSA) is 79.5 Å². The molecule has 2 amide bonds. The number of carbonyl (C=O) groups excluding carboxylic acids is 2. The first-order valence-electron chi connectivity index (χ1n) is 9.04. The molecule has 1 unspecified atom stereocenters. The lowest BCUT2D eigenvalue weighted by molar-refractivity contribution is -0.123. The van der Waals surface area contributed by atoms with Crippen molar-refractivity contribution in [3.8, 4) is 0 Å². The van der Waals surface area contributed by atoms with E-state index in [9.17, 15) is 18.4 Å². The molecule has 8 heteroatoms. The Morgan fingerprint density at radius 1 is 1.26 bits per heavy atom. The molecule has 1 atom stereocenters. The van der Waals surface area contributed by atoms with Gasteiger partial charge >= 0.3 is 0 Å². The maximum Gasteiger partial charge on any atom is 0.222 e. The largest absolute Gasteiger partial charge is 0.384 e. The summed E-state index contributed by atoms with van der Waals surface area (Å²) in [4.78, 5) is 23.9. The summed E-state index contributed by atoms with van der Waals surface area (Å²) in [5.74, 6) is -2.44. The third-order valence-electron chi connectivity index (χ3n) is 4.89. The molecule has 1 aliphatic rings. The van der Waals surface area contributed by atoms with Crippen molar-refractivity contribution in [2.24, 2.45) is 5.41 Å². The summed E-state index contributed by atoms with van der Waals surface area (Å²) >= 11 is 0. The minimum atomic E-state index is -1.07. The van der Waals surface area contributed by atoms with Gasteiger partial charge in [0.2, 0.25) is 11.8 Å². The number of halogens is 2. The number of nitrogens with one attached hydrogen (secondary N) is 3. The number of amides is 2. The quantitative estimate of drug-likeness (QED) is 0.638. The van der Waals surface area contributed by atoms with E-state index in [1.165, 1.54) is 13.0 Å². The fraction of sp³-hybridized carbons (Fsp3) is 0.579. The number of carbonyl (C=O) groups is 2. The maximum atomic E-state index is 14.1. The van der Waals surface area contributed by atoms with E-state index in [2.05, 4.69) is 16.0 Å². The van der Waals surface area contributed by atoms with Crippen molar-refractivity contribution < 1.29 is 23.1 Å². The van der Waals surface area contributed by atoms with E-state index in [1.807, 2.05) is 0 Å². The molecule has 1 aromatic rings. The van der Waals surface area contributed by atoms with Crippen LogP contribution in [-0.2, 0) is 14.3 Å². The Morgan fingerprint density at radius 3 is 2.44 bits per heavy atom. The van der Waals surface area contributed by atoms with Gasteiger partial charge in [0.1, 0.15) is 11.6 Å². The Kier molecular flexibility index (Phi) is 7.67. The molecule has 0 saturated carbocycles. The summed E-state index contributed by atoms with van der Waals surface area (Å²) in [5.41, 5.74) is -0.473. The zero-order valence-corrected chi connectivity index (χ0v) is 15.7. The summed E-state index contributed by atoms with van der Waals surface area (Å²) in [5, 5.41) is 8.59. The smallest absolute Gasteiger partial charge is 0.222 e. The van der Waals surface area contributed by atoms with Crippen LogP contribution in [-0.4, -0.2) is 45.2 Å². The highest BCUT2D eigenvalue weighted by atomic mass is 19.1. The predicted molar refractivity (Wildman–Crippen MR) is 97.0 cm³/mol. The predicted octanol–water partition coefficient (Wildman–Crippen LogP) is 1.66. The summed E-state index contributed by atoms with van der Waals surface area (Å²) in [7, 11) is 1.62. The van der Waals surface area contributed by atoms with E-state index in [1.54, 1.807) is 7.11 Å². The Hall–Kier alpha value is -2.06. The lowest BCUT2D eigenvalue weighted by Crippen LogP contribution is -2.47. The SMILES string of the molecule is COCC1(CNC(=O)CC(NC(C)=O)c2c(F)cccc2F)CCNCC1. The van der Waals surface area contributed by atoms with Crippen LogP contribution in [0, 0.1) is 17.0 Å². The zero-order valence-electron chi connectivity index (χ0n) is 15.7. The van der Waals surface area contributed by atoms with Crippen molar-refractivity contribution in [1.82, 2.24) is 16.0 Å². The Balaban J connectivity index is 2.06. The molecule has 0 spiro atoms. The van der Waals surface area contributed by atoms with Crippen LogP contribution in [0.2, 0.25) is 0 Å². The van der Waals surface area contributed by atoms with E-state index < -0.39 is 23.6 Å². The van der Waals surface area contributed by atoms with Crippen LogP contribution in [0.15, 0.2) is 18.2 Å². The van der Waals surface area contributed by atoms with Gasteiger partial charge in [0.25, 0.3) is 0 Å². The van der Waals surface area contributed by atoms with Gasteiger partial charge in [0, 0.05) is 31.6 Å². The van der Waals surface area contributed by atoms with E-state index in [0.717, 1.165) is 38.1 Å². The van der Waals surface area contributed by atoms with Gasteiger partial charge in [-0.15, -0.1) is 0 Å². The van der Waals surface area contributed by atoms with Crippen LogP contribution in [0.4, 0.5) is 8.78 Å². The van der Waals surface area contributed by atoms with E-state index in [4.69, 9.17) is 4.74 Å². The van der Waals surface area contributed by atoms with Crippen molar-refractivity contribution in [3.05, 3.63) is 35.4 Å². The van der Waals surface area contributed by atoms with Crippen molar-refractivity contribution >= 4 is 11.8 Å². The van der Waals surface area contributed by atoms with Gasteiger partial charge in [-0.3, -0.25) is 9.59 Å². The van der Waals surface area contributed by atoms with Crippen LogP contribution in [0.25, 0.3) is 0 Å². The molecule has 1 saturated heterocycles. The summed E-state index contributed by atoms with van der Waals surface area (Å²) < 4.78 is 33.5. The van der Waals surface area contributed by atoms with Gasteiger partial charge in [-0.1, -0.05) is 6.07 Å². The summed E-state index contributed by atoms with van der Waals surface area (Å²) in [6, 6.07) is 2.38. The molecule has 0 radical (unpaired) electrons. The molecule has 1 aliphatic heterocycles. The molecular formula is C19H27F2N3O3. The lowest BCUT2D eigenvalue weighted by atomic mass is 9.79. The second-order valence-corrected chi connectivity index (χ2v) is 7.05. The standard InChI is InChI=1S/C19H27F2N3O3/c1-13(25)24-16(18-14(20)4-3-5-15(18)21)10-17(26)23-11-19(12-27-2)6-8-22-9-7-19/h3-5,16,22H,6-12H2,1-2H3,(H,23,26)(H,24,25). The highest BCUT2D eigenvalue weighted by Crippen LogP contribution is 2.29. The van der Waals surface area contributed by atoms with E-state index in [0.29, 0.717) is 13.2 Å². The first-order chi connectivity index (χ1) is 12.9. The average Bonchev–Trinajstić information content (AvgIpc) is 2.60. The van der Waals surface area contributed by atoms with Crippen LogP contribution >= 0.6 is 0 Å². The van der Waals surface area contributed by atoms with E-state index in [-0.39, 0.29) is 23.3 Å². The molecule has 0 aliphatic carbocycles. The normalized spacial score (nSPS) is 17.2. The molecule has 1 heterocycles. The second kappa shape index (κ2) is 9.75. The number of hydrogen-bond donors (Lipinski definition) is 3. The zero-order chi connectivity index (χ0) is 19.9. The molecular weight excluding hydrogens is 356 g/mol. The molecule has 6 nitrogen and oxygen atoms in total. The van der Waals surface area contributed by atoms with Gasteiger partial charge in [-0.2, -0.15) is 0 Å². The van der Waals surface area contributed by atoms with Crippen LogP contribution < -0.4 is 16.0 Å². The monoisotopic (exact) mass is 383 g/mol. The molecule has 3 N–H and O–H groups in total. The number of methoxy groups -OCH3 is 1. The fourth-order valence-electron chi connectivity index (χ4n) is 3.49. The van der Waals surface area contributed by atoms with Gasteiger partial charge < -0.3 is 20.7 Å². The molecule has 150 valence electrons. The molecule has 27 heavy (non-hydrogen) atoms. The Bertz CT molecular complexity index is 638. The van der Waals surface area contributed by atoms with Crippen molar-refractivity contribution in [3.63, 3.8) is 0 Å². The molecule has 1 fully saturated rings. The highest BCUT2D eigenvalue weighted by molar-refractivity contribution is 5.79. The van der Waals surface area contributed by atoms with Gasteiger partial charge in [-0.25, -0.2) is 8.78 Å². The van der Waals surface area contributed by atoms with Crippen molar-refractivity contribution in [2.45, 2.75) is 32.2 Å². The van der Waals surface area contributed by atoms with Crippen LogP contribution in [0.1, 0.15) is 37.8 Å². The van der Waals surface area contributed by atoms with Crippen LogP contribution in [0.3, 0.4) is 0 Å². The van der Waals surface area contributed by atoms with Gasteiger partial charge in [0.15, 0.2) is 0 Å². The number of hydrogen-bond acceptors (Lipinski definition) is 4. The number of piperidine rings is 1.